The van der Waals surface area contributed by atoms with Crippen LogP contribution in [0.4, 0.5) is 4.39 Å². The molecule has 0 heterocycles. The topological polar surface area (TPSA) is 52.6 Å². The van der Waals surface area contributed by atoms with Crippen molar-refractivity contribution >= 4 is 36.2 Å². The Kier molecular flexibility index (Phi) is 7.86. The molecule has 5 heteroatoms. The number of hydrogen-bond acceptors (Lipinski definition) is 4. The second-order valence-electron chi connectivity index (χ2n) is 6.84. The first-order valence-corrected chi connectivity index (χ1v) is 10.0. The summed E-state index contributed by atoms with van der Waals surface area (Å²) < 4.78 is 24.6. The fraction of sp³-hybridized carbons (Fsp3) is 0. The maximum Gasteiger partial charge on any atom is 0.335 e. The molecule has 3 rings (SSSR count). The molecular formula is C28H21FO4. The highest BCUT2D eigenvalue weighted by atomic mass is 19.1. The third-order valence-electron chi connectivity index (χ3n) is 4.48. The van der Waals surface area contributed by atoms with Gasteiger partial charge in [0.15, 0.2) is 0 Å². The van der Waals surface area contributed by atoms with Crippen LogP contribution in [-0.4, -0.2) is 11.9 Å². The van der Waals surface area contributed by atoms with Gasteiger partial charge >= 0.3 is 11.9 Å². The lowest BCUT2D eigenvalue weighted by Crippen LogP contribution is -2.02. The number of carbonyl (C=O) groups is 2. The summed E-state index contributed by atoms with van der Waals surface area (Å²) in [5, 5.41) is 0. The SMILES string of the molecule is C=CC(=O)Oc1ccc(C=Cc2ccc(C=Cc3ccc(OC(=O)C=C)cc3)c(F)c2)cc1. The molecule has 0 spiro atoms. The molecule has 0 aliphatic carbocycles. The first-order chi connectivity index (χ1) is 16.0. The highest BCUT2D eigenvalue weighted by molar-refractivity contribution is 5.84. The van der Waals surface area contributed by atoms with E-state index in [1.165, 1.54) is 6.07 Å². The Morgan fingerprint density at radius 3 is 1.52 bits per heavy atom. The molecule has 3 aromatic carbocycles. The molecule has 0 unspecified atom stereocenters. The third-order valence-corrected chi connectivity index (χ3v) is 4.48. The van der Waals surface area contributed by atoms with Gasteiger partial charge in [-0.25, -0.2) is 14.0 Å². The van der Waals surface area contributed by atoms with E-state index >= 15 is 0 Å². The average Bonchev–Trinajstić information content (AvgIpc) is 2.83. The zero-order chi connectivity index (χ0) is 23.6. The minimum atomic E-state index is -0.527. The summed E-state index contributed by atoms with van der Waals surface area (Å²) in [4.78, 5) is 22.4. The summed E-state index contributed by atoms with van der Waals surface area (Å²) >= 11 is 0. The molecule has 0 atom stereocenters. The molecule has 0 aliphatic heterocycles. The Balaban J connectivity index is 1.63. The number of rotatable bonds is 8. The predicted molar refractivity (Wildman–Crippen MR) is 129 cm³/mol. The summed E-state index contributed by atoms with van der Waals surface area (Å²) in [7, 11) is 0. The van der Waals surface area contributed by atoms with Crippen LogP contribution in [0.15, 0.2) is 92.0 Å². The molecule has 0 bridgehead atoms. The number of hydrogen-bond donors (Lipinski definition) is 0. The molecule has 0 radical (unpaired) electrons. The van der Waals surface area contributed by atoms with Crippen LogP contribution in [0.2, 0.25) is 0 Å². The first kappa shape index (κ1) is 23.2. The van der Waals surface area contributed by atoms with Crippen LogP contribution in [0.3, 0.4) is 0 Å². The van der Waals surface area contributed by atoms with Gasteiger partial charge in [0, 0.05) is 17.7 Å². The van der Waals surface area contributed by atoms with Gasteiger partial charge in [-0.15, -0.1) is 0 Å². The minimum absolute atomic E-state index is 0.350. The van der Waals surface area contributed by atoms with Crippen molar-refractivity contribution in [3.63, 3.8) is 0 Å². The summed E-state index contributed by atoms with van der Waals surface area (Å²) in [5.74, 6) is -0.565. The summed E-state index contributed by atoms with van der Waals surface area (Å²) in [6.07, 6.45) is 9.27. The molecule has 0 aliphatic rings. The van der Waals surface area contributed by atoms with Gasteiger partial charge in [-0.3, -0.25) is 0 Å². The second kappa shape index (κ2) is 11.2. The van der Waals surface area contributed by atoms with E-state index in [4.69, 9.17) is 9.47 Å². The van der Waals surface area contributed by atoms with E-state index < -0.39 is 11.9 Å². The zero-order valence-electron chi connectivity index (χ0n) is 17.7. The quantitative estimate of drug-likeness (QED) is 0.177. The molecule has 0 saturated heterocycles. The van der Waals surface area contributed by atoms with Gasteiger partial charge in [0.25, 0.3) is 0 Å². The van der Waals surface area contributed by atoms with Crippen LogP contribution in [0.1, 0.15) is 22.3 Å². The maximum absolute atomic E-state index is 14.5. The Bertz CT molecular complexity index is 1220. The Labute approximate surface area is 191 Å². The van der Waals surface area contributed by atoms with Crippen molar-refractivity contribution in [3.8, 4) is 11.5 Å². The van der Waals surface area contributed by atoms with Crippen LogP contribution in [0, 0.1) is 5.82 Å². The van der Waals surface area contributed by atoms with E-state index in [2.05, 4.69) is 13.2 Å². The monoisotopic (exact) mass is 440 g/mol. The van der Waals surface area contributed by atoms with Crippen molar-refractivity contribution in [2.75, 3.05) is 0 Å². The number of ether oxygens (including phenoxy) is 2. The van der Waals surface area contributed by atoms with Gasteiger partial charge in [-0.1, -0.05) is 73.9 Å². The van der Waals surface area contributed by atoms with Gasteiger partial charge in [0.1, 0.15) is 17.3 Å². The van der Waals surface area contributed by atoms with E-state index in [0.29, 0.717) is 22.6 Å². The fourth-order valence-corrected chi connectivity index (χ4v) is 2.77. The largest absolute Gasteiger partial charge is 0.423 e. The van der Waals surface area contributed by atoms with E-state index in [1.54, 1.807) is 72.8 Å². The Morgan fingerprint density at radius 2 is 1.06 bits per heavy atom. The molecule has 33 heavy (non-hydrogen) atoms. The van der Waals surface area contributed by atoms with Gasteiger partial charge in [-0.05, 0) is 47.0 Å². The molecule has 164 valence electrons. The molecule has 0 aromatic heterocycles. The third kappa shape index (κ3) is 7.01. The van der Waals surface area contributed by atoms with Crippen molar-refractivity contribution < 1.29 is 23.5 Å². The van der Waals surface area contributed by atoms with Crippen LogP contribution >= 0.6 is 0 Å². The van der Waals surface area contributed by atoms with Crippen molar-refractivity contribution in [1.29, 1.82) is 0 Å². The summed E-state index contributed by atoms with van der Waals surface area (Å²) in [6.45, 7) is 6.70. The zero-order valence-corrected chi connectivity index (χ0v) is 17.7. The minimum Gasteiger partial charge on any atom is -0.423 e. The Hall–Kier alpha value is -4.51. The summed E-state index contributed by atoms with van der Waals surface area (Å²) in [5.41, 5.74) is 2.86. The maximum atomic E-state index is 14.5. The standard InChI is InChI=1S/C28H21FO4/c1-3-27(30)32-24-15-9-20(10-16-24)5-6-22-8-14-23(26(29)19-22)13-7-21-11-17-25(18-12-21)33-28(31)4-2/h3-19H,1-2H2. The molecule has 0 amide bonds. The number of esters is 2. The highest BCUT2D eigenvalue weighted by Crippen LogP contribution is 2.19. The van der Waals surface area contributed by atoms with Crippen LogP contribution in [-0.2, 0) is 9.59 Å². The molecular weight excluding hydrogens is 419 g/mol. The predicted octanol–water partition coefficient (Wildman–Crippen LogP) is 6.35. The van der Waals surface area contributed by atoms with E-state index in [9.17, 15) is 14.0 Å². The van der Waals surface area contributed by atoms with E-state index in [-0.39, 0.29) is 5.82 Å². The van der Waals surface area contributed by atoms with Crippen molar-refractivity contribution in [2.24, 2.45) is 0 Å². The second-order valence-corrected chi connectivity index (χ2v) is 6.84. The van der Waals surface area contributed by atoms with Crippen LogP contribution in [0.5, 0.6) is 11.5 Å². The number of halogens is 1. The number of carbonyl (C=O) groups excluding carboxylic acids is 2. The van der Waals surface area contributed by atoms with E-state index in [1.807, 2.05) is 12.1 Å². The smallest absolute Gasteiger partial charge is 0.335 e. The molecule has 3 aromatic rings. The van der Waals surface area contributed by atoms with Gasteiger partial charge in [-0.2, -0.15) is 0 Å². The van der Waals surface area contributed by atoms with E-state index in [0.717, 1.165) is 23.3 Å². The fourth-order valence-electron chi connectivity index (χ4n) is 2.77. The van der Waals surface area contributed by atoms with Crippen LogP contribution < -0.4 is 9.47 Å². The van der Waals surface area contributed by atoms with Crippen molar-refractivity contribution in [2.45, 2.75) is 0 Å². The lowest BCUT2D eigenvalue weighted by atomic mass is 10.1. The lowest BCUT2D eigenvalue weighted by molar-refractivity contribution is -0.129. The first-order valence-electron chi connectivity index (χ1n) is 10.0. The average molecular weight is 440 g/mol. The summed E-state index contributed by atoms with van der Waals surface area (Å²) in [6, 6.07) is 18.7. The molecule has 0 N–H and O–H groups in total. The van der Waals surface area contributed by atoms with Crippen molar-refractivity contribution in [3.05, 3.63) is 120 Å². The molecule has 4 nitrogen and oxygen atoms in total. The van der Waals surface area contributed by atoms with Gasteiger partial charge < -0.3 is 9.47 Å². The highest BCUT2D eigenvalue weighted by Gasteiger charge is 2.02. The Morgan fingerprint density at radius 1 is 0.636 bits per heavy atom. The van der Waals surface area contributed by atoms with Gasteiger partial charge in [0.2, 0.25) is 0 Å². The van der Waals surface area contributed by atoms with Crippen LogP contribution in [0.25, 0.3) is 24.3 Å². The van der Waals surface area contributed by atoms with Gasteiger partial charge in [0.05, 0.1) is 0 Å². The molecule has 0 saturated carbocycles. The normalized spacial score (nSPS) is 10.8. The lowest BCUT2D eigenvalue weighted by Gasteiger charge is -2.02. The number of benzene rings is 3. The molecule has 0 fully saturated rings. The van der Waals surface area contributed by atoms with Crippen molar-refractivity contribution in [1.82, 2.24) is 0 Å².